The number of aromatic carboxylic acids is 1. The molecule has 1 fully saturated rings. The molecule has 1 N–H and O–H groups in total. The SMILES string of the molecule is CCn1cc(C(=O)O)c(=O)c2cc([18F])c(N3CCN(C)CC3)cc21. The molecule has 2 heterocycles. The fourth-order valence-corrected chi connectivity index (χ4v) is 3.10. The molecular formula is C17H20FN3O3. The van der Waals surface area contributed by atoms with Crippen LogP contribution in [0.15, 0.2) is 23.1 Å². The number of fused-ring (bicyclic) bond motifs is 1. The van der Waals surface area contributed by atoms with Crippen LogP contribution >= 0.6 is 0 Å². The molecule has 1 aliphatic rings. The van der Waals surface area contributed by atoms with E-state index in [1.54, 1.807) is 10.6 Å². The van der Waals surface area contributed by atoms with Gasteiger partial charge in [-0.3, -0.25) is 4.79 Å². The topological polar surface area (TPSA) is 65.8 Å². The number of halogens is 1. The Morgan fingerprint density at radius 3 is 2.50 bits per heavy atom. The van der Waals surface area contributed by atoms with Gasteiger partial charge in [-0.25, -0.2) is 9.18 Å². The molecule has 0 radical (unpaired) electrons. The summed E-state index contributed by atoms with van der Waals surface area (Å²) in [6.45, 7) is 5.45. The van der Waals surface area contributed by atoms with E-state index in [0.717, 1.165) is 13.1 Å². The number of anilines is 1. The van der Waals surface area contributed by atoms with Gasteiger partial charge in [0.25, 0.3) is 0 Å². The third-order valence-corrected chi connectivity index (χ3v) is 4.56. The van der Waals surface area contributed by atoms with E-state index in [1.807, 2.05) is 18.9 Å². The van der Waals surface area contributed by atoms with Crippen LogP contribution in [0.1, 0.15) is 17.3 Å². The molecule has 0 bridgehead atoms. The highest BCUT2D eigenvalue weighted by Crippen LogP contribution is 2.26. The third kappa shape index (κ3) is 2.75. The molecule has 0 unspecified atom stereocenters. The number of benzene rings is 1. The molecule has 7 heteroatoms. The number of likely N-dealkylation sites (N-methyl/N-ethyl adjacent to an activating group) is 1. The first-order valence-electron chi connectivity index (χ1n) is 7.96. The summed E-state index contributed by atoms with van der Waals surface area (Å²) < 4.78 is 16.3. The zero-order valence-electron chi connectivity index (χ0n) is 13.8. The molecule has 0 saturated carbocycles. The van der Waals surface area contributed by atoms with E-state index < -0.39 is 17.2 Å². The number of aromatic nitrogens is 1. The van der Waals surface area contributed by atoms with E-state index in [0.29, 0.717) is 30.8 Å². The van der Waals surface area contributed by atoms with Gasteiger partial charge in [-0.2, -0.15) is 0 Å². The lowest BCUT2D eigenvalue weighted by molar-refractivity contribution is 0.0695. The Hall–Kier alpha value is -2.41. The lowest BCUT2D eigenvalue weighted by Crippen LogP contribution is -2.44. The quantitative estimate of drug-likeness (QED) is 0.925. The van der Waals surface area contributed by atoms with Crippen LogP contribution in [-0.2, 0) is 6.54 Å². The molecule has 1 aromatic carbocycles. The first-order chi connectivity index (χ1) is 11.4. The maximum Gasteiger partial charge on any atom is 0.341 e. The Morgan fingerprint density at radius 2 is 1.92 bits per heavy atom. The lowest BCUT2D eigenvalue weighted by Gasteiger charge is -2.34. The molecule has 0 amide bonds. The molecule has 2 aromatic rings. The van der Waals surface area contributed by atoms with Crippen LogP contribution in [-0.4, -0.2) is 53.8 Å². The number of carboxylic acids is 1. The van der Waals surface area contributed by atoms with Gasteiger partial charge in [0, 0.05) is 44.3 Å². The number of nitrogens with zero attached hydrogens (tertiary/aromatic N) is 3. The average molecular weight is 332 g/mol. The number of hydrogen-bond donors (Lipinski definition) is 1. The molecule has 24 heavy (non-hydrogen) atoms. The third-order valence-electron chi connectivity index (χ3n) is 4.56. The second-order valence-electron chi connectivity index (χ2n) is 6.07. The zero-order valence-corrected chi connectivity index (χ0v) is 13.8. The van der Waals surface area contributed by atoms with Gasteiger partial charge >= 0.3 is 5.97 Å². The summed E-state index contributed by atoms with van der Waals surface area (Å²) >= 11 is 0. The van der Waals surface area contributed by atoms with Crippen LogP contribution in [0.5, 0.6) is 0 Å². The van der Waals surface area contributed by atoms with E-state index in [9.17, 15) is 19.1 Å². The van der Waals surface area contributed by atoms with Gasteiger partial charge in [-0.1, -0.05) is 0 Å². The molecule has 6 nitrogen and oxygen atoms in total. The maximum atomic E-state index is 14.6. The van der Waals surface area contributed by atoms with Crippen molar-refractivity contribution in [3.05, 3.63) is 39.9 Å². The van der Waals surface area contributed by atoms with Crippen LogP contribution in [0.3, 0.4) is 0 Å². The molecule has 1 aromatic heterocycles. The summed E-state index contributed by atoms with van der Waals surface area (Å²) in [4.78, 5) is 27.7. The average Bonchev–Trinajstić information content (AvgIpc) is 2.56. The summed E-state index contributed by atoms with van der Waals surface area (Å²) in [6, 6.07) is 2.83. The van der Waals surface area contributed by atoms with E-state index >= 15 is 0 Å². The van der Waals surface area contributed by atoms with Crippen molar-refractivity contribution in [2.45, 2.75) is 13.5 Å². The minimum Gasteiger partial charge on any atom is -0.477 e. The number of aryl methyl sites for hydroxylation is 1. The molecule has 0 atom stereocenters. The van der Waals surface area contributed by atoms with Crippen molar-refractivity contribution in [3.63, 3.8) is 0 Å². The van der Waals surface area contributed by atoms with Gasteiger partial charge in [0.15, 0.2) is 0 Å². The van der Waals surface area contributed by atoms with E-state index in [2.05, 4.69) is 4.90 Å². The van der Waals surface area contributed by atoms with Crippen molar-refractivity contribution in [2.24, 2.45) is 0 Å². The molecule has 1 aliphatic heterocycles. The molecule has 1 saturated heterocycles. The van der Waals surface area contributed by atoms with Gasteiger partial charge in [0.1, 0.15) is 11.4 Å². The summed E-state index contributed by atoms with van der Waals surface area (Å²) in [5.74, 6) is -1.79. The van der Waals surface area contributed by atoms with Crippen LogP contribution in [0, 0.1) is 5.82 Å². The number of rotatable bonds is 3. The number of carboxylic acid groups (broad SMARTS) is 1. The normalized spacial score (nSPS) is 15.9. The van der Waals surface area contributed by atoms with Gasteiger partial charge in [0.05, 0.1) is 11.2 Å². The Morgan fingerprint density at radius 1 is 1.25 bits per heavy atom. The number of piperazine rings is 1. The fraction of sp³-hybridized carbons (Fsp3) is 0.412. The lowest BCUT2D eigenvalue weighted by atomic mass is 10.1. The van der Waals surface area contributed by atoms with Crippen LogP contribution in [0.2, 0.25) is 0 Å². The Labute approximate surface area is 138 Å². The molecule has 128 valence electrons. The Bertz CT molecular complexity index is 854. The Kier molecular flexibility index (Phi) is 4.28. The standard InChI is InChI=1S/C17H20FN3O3/c1-3-20-10-12(17(23)24)16(22)11-8-13(18)15(9-14(11)20)21-6-4-19(2)5-7-21/h8-10H,3-7H2,1-2H3,(H,23,24)/i18-1. The minimum atomic E-state index is -1.30. The van der Waals surface area contributed by atoms with Crippen molar-refractivity contribution in [1.29, 1.82) is 0 Å². The van der Waals surface area contributed by atoms with Crippen molar-refractivity contribution < 1.29 is 14.3 Å². The molecule has 0 aliphatic carbocycles. The Balaban J connectivity index is 2.18. The first-order valence-corrected chi connectivity index (χ1v) is 7.96. The highest BCUT2D eigenvalue weighted by Gasteiger charge is 2.21. The van der Waals surface area contributed by atoms with E-state index in [-0.39, 0.29) is 10.9 Å². The summed E-state index contributed by atoms with van der Waals surface area (Å²) in [7, 11) is 2.02. The van der Waals surface area contributed by atoms with Crippen LogP contribution in [0.4, 0.5) is 10.1 Å². The van der Waals surface area contributed by atoms with E-state index in [4.69, 9.17) is 0 Å². The van der Waals surface area contributed by atoms with Gasteiger partial charge in [-0.05, 0) is 26.1 Å². The highest BCUT2D eigenvalue weighted by molar-refractivity contribution is 5.93. The predicted molar refractivity (Wildman–Crippen MR) is 90.5 cm³/mol. The summed E-state index contributed by atoms with van der Waals surface area (Å²) in [5.41, 5.74) is 0.0326. The van der Waals surface area contributed by atoms with E-state index in [1.165, 1.54) is 12.3 Å². The van der Waals surface area contributed by atoms with Gasteiger partial charge < -0.3 is 19.5 Å². The minimum absolute atomic E-state index is 0.104. The molecular weight excluding hydrogens is 312 g/mol. The van der Waals surface area contributed by atoms with Crippen molar-refractivity contribution in [1.82, 2.24) is 9.47 Å². The number of pyridine rings is 1. The predicted octanol–water partition coefficient (Wildman–Crippen LogP) is 1.61. The molecule has 0 spiro atoms. The second-order valence-corrected chi connectivity index (χ2v) is 6.07. The van der Waals surface area contributed by atoms with Gasteiger partial charge in [0.2, 0.25) is 5.43 Å². The van der Waals surface area contributed by atoms with Gasteiger partial charge in [-0.15, -0.1) is 0 Å². The number of hydrogen-bond acceptors (Lipinski definition) is 4. The number of carbonyl (C=O) groups is 1. The maximum absolute atomic E-state index is 14.6. The summed E-state index contributed by atoms with van der Waals surface area (Å²) in [6.07, 6.45) is 1.33. The molecule has 3 rings (SSSR count). The first kappa shape index (κ1) is 16.4. The van der Waals surface area contributed by atoms with Crippen LogP contribution < -0.4 is 10.3 Å². The zero-order chi connectivity index (χ0) is 17.4. The smallest absolute Gasteiger partial charge is 0.341 e. The monoisotopic (exact) mass is 332 g/mol. The highest BCUT2D eigenvalue weighted by atomic mass is 18.2. The van der Waals surface area contributed by atoms with Crippen molar-refractivity contribution >= 4 is 22.6 Å². The summed E-state index contributed by atoms with van der Waals surface area (Å²) in [5, 5.41) is 9.28. The fourth-order valence-electron chi connectivity index (χ4n) is 3.10. The van der Waals surface area contributed by atoms with Crippen LogP contribution in [0.25, 0.3) is 10.9 Å². The van der Waals surface area contributed by atoms with Crippen molar-refractivity contribution in [3.8, 4) is 0 Å². The largest absolute Gasteiger partial charge is 0.477 e. The van der Waals surface area contributed by atoms with Crippen molar-refractivity contribution in [2.75, 3.05) is 38.1 Å². The second kappa shape index (κ2) is 6.24.